The van der Waals surface area contributed by atoms with Gasteiger partial charge >= 0.3 is 0 Å². The van der Waals surface area contributed by atoms with Crippen LogP contribution in [0.3, 0.4) is 0 Å². The van der Waals surface area contributed by atoms with Crippen molar-refractivity contribution in [2.45, 2.75) is 10.8 Å². The number of halogens is 2. The number of fused-ring (bicyclic) bond motifs is 1. The van der Waals surface area contributed by atoms with Gasteiger partial charge in [-0.25, -0.2) is 0 Å². The van der Waals surface area contributed by atoms with Gasteiger partial charge in [0, 0.05) is 11.3 Å². The van der Waals surface area contributed by atoms with E-state index in [1.807, 2.05) is 24.3 Å². The SMILES string of the molecule is ClC1(Cl)CC1COc1cccc2ccccc12. The van der Waals surface area contributed by atoms with Crippen molar-refractivity contribution >= 4 is 34.0 Å². The number of rotatable bonds is 3. The third kappa shape index (κ3) is 2.22. The lowest BCUT2D eigenvalue weighted by Crippen LogP contribution is -2.04. The van der Waals surface area contributed by atoms with Gasteiger partial charge in [-0.05, 0) is 17.9 Å². The molecule has 0 amide bonds. The van der Waals surface area contributed by atoms with E-state index < -0.39 is 4.33 Å². The summed E-state index contributed by atoms with van der Waals surface area (Å²) < 4.78 is 5.25. The van der Waals surface area contributed by atoms with Gasteiger partial charge in [-0.1, -0.05) is 36.4 Å². The molecule has 1 unspecified atom stereocenters. The van der Waals surface area contributed by atoms with Crippen LogP contribution in [0, 0.1) is 5.92 Å². The van der Waals surface area contributed by atoms with Crippen LogP contribution in [-0.2, 0) is 0 Å². The van der Waals surface area contributed by atoms with E-state index in [1.165, 1.54) is 5.39 Å². The Balaban J connectivity index is 1.81. The monoisotopic (exact) mass is 266 g/mol. The fourth-order valence-corrected chi connectivity index (χ4v) is 2.46. The maximum atomic E-state index is 5.98. The first kappa shape index (κ1) is 11.2. The van der Waals surface area contributed by atoms with Crippen molar-refractivity contribution in [1.82, 2.24) is 0 Å². The Morgan fingerprint density at radius 1 is 1.12 bits per heavy atom. The van der Waals surface area contributed by atoms with Gasteiger partial charge in [-0.3, -0.25) is 0 Å². The number of benzene rings is 2. The summed E-state index contributed by atoms with van der Waals surface area (Å²) in [5.74, 6) is 1.16. The van der Waals surface area contributed by atoms with Gasteiger partial charge in [0.15, 0.2) is 0 Å². The number of hydrogen-bond donors (Lipinski definition) is 0. The lowest BCUT2D eigenvalue weighted by Gasteiger charge is -2.09. The Bertz CT molecular complexity index is 545. The van der Waals surface area contributed by atoms with Crippen LogP contribution in [0.5, 0.6) is 5.75 Å². The third-order valence-corrected chi connectivity index (χ3v) is 4.07. The van der Waals surface area contributed by atoms with Gasteiger partial charge in [-0.2, -0.15) is 0 Å². The number of alkyl halides is 2. The number of ether oxygens (including phenoxy) is 1. The lowest BCUT2D eigenvalue weighted by atomic mass is 10.1. The van der Waals surface area contributed by atoms with E-state index in [9.17, 15) is 0 Å². The molecular weight excluding hydrogens is 255 g/mol. The Morgan fingerprint density at radius 2 is 1.82 bits per heavy atom. The standard InChI is InChI=1S/C14H12Cl2O/c15-14(16)8-11(14)9-17-13-7-3-5-10-4-1-2-6-12(10)13/h1-7,11H,8-9H2. The first-order chi connectivity index (χ1) is 8.17. The van der Waals surface area contributed by atoms with Crippen molar-refractivity contribution in [3.63, 3.8) is 0 Å². The molecule has 1 fully saturated rings. The minimum atomic E-state index is -0.565. The second kappa shape index (κ2) is 4.08. The third-order valence-electron chi connectivity index (χ3n) is 3.15. The van der Waals surface area contributed by atoms with E-state index in [1.54, 1.807) is 0 Å². The van der Waals surface area contributed by atoms with E-state index >= 15 is 0 Å². The highest BCUT2D eigenvalue weighted by Gasteiger charge is 2.52. The van der Waals surface area contributed by atoms with E-state index in [0.29, 0.717) is 6.61 Å². The zero-order valence-corrected chi connectivity index (χ0v) is 10.7. The maximum Gasteiger partial charge on any atom is 0.127 e. The summed E-state index contributed by atoms with van der Waals surface area (Å²) in [4.78, 5) is 0. The average Bonchev–Trinajstić information content (AvgIpc) is 2.94. The minimum absolute atomic E-state index is 0.254. The van der Waals surface area contributed by atoms with Crippen molar-refractivity contribution in [3.05, 3.63) is 42.5 Å². The summed E-state index contributed by atoms with van der Waals surface area (Å²) in [7, 11) is 0. The van der Waals surface area contributed by atoms with Gasteiger partial charge < -0.3 is 4.74 Å². The van der Waals surface area contributed by atoms with Crippen molar-refractivity contribution in [2.75, 3.05) is 6.61 Å². The Labute approximate surface area is 110 Å². The highest BCUT2D eigenvalue weighted by atomic mass is 35.5. The first-order valence-corrected chi connectivity index (χ1v) is 6.41. The molecule has 2 aromatic rings. The molecule has 0 N–H and O–H groups in total. The van der Waals surface area contributed by atoms with Crippen LogP contribution in [0.4, 0.5) is 0 Å². The molecule has 1 atom stereocenters. The Kier molecular flexibility index (Phi) is 2.68. The second-order valence-electron chi connectivity index (χ2n) is 4.45. The van der Waals surface area contributed by atoms with Crippen molar-refractivity contribution < 1.29 is 4.74 Å². The Hall–Kier alpha value is -0.920. The minimum Gasteiger partial charge on any atom is -0.493 e. The molecular formula is C14H12Cl2O. The largest absolute Gasteiger partial charge is 0.493 e. The first-order valence-electron chi connectivity index (χ1n) is 5.65. The Morgan fingerprint density at radius 3 is 2.59 bits per heavy atom. The maximum absolute atomic E-state index is 5.98. The topological polar surface area (TPSA) is 9.23 Å². The van der Waals surface area contributed by atoms with E-state index in [2.05, 4.69) is 18.2 Å². The molecule has 0 bridgehead atoms. The zero-order chi connectivity index (χ0) is 11.9. The summed E-state index contributed by atoms with van der Waals surface area (Å²) in [6, 6.07) is 14.2. The van der Waals surface area contributed by atoms with Gasteiger partial charge in [-0.15, -0.1) is 23.2 Å². The molecule has 1 aliphatic rings. The molecule has 0 spiro atoms. The summed E-state index contributed by atoms with van der Waals surface area (Å²) in [5, 5.41) is 2.31. The van der Waals surface area contributed by atoms with Gasteiger partial charge in [0.25, 0.3) is 0 Å². The van der Waals surface area contributed by atoms with Crippen LogP contribution >= 0.6 is 23.2 Å². The molecule has 0 heterocycles. The van der Waals surface area contributed by atoms with E-state index in [-0.39, 0.29) is 5.92 Å². The molecule has 17 heavy (non-hydrogen) atoms. The van der Waals surface area contributed by atoms with Gasteiger partial charge in [0.05, 0.1) is 6.61 Å². The molecule has 1 saturated carbocycles. The lowest BCUT2D eigenvalue weighted by molar-refractivity contribution is 0.302. The summed E-state index contributed by atoms with van der Waals surface area (Å²) in [6.07, 6.45) is 0.820. The second-order valence-corrected chi connectivity index (χ2v) is 5.99. The van der Waals surface area contributed by atoms with Crippen LogP contribution in [0.1, 0.15) is 6.42 Å². The summed E-state index contributed by atoms with van der Waals surface area (Å²) in [5.41, 5.74) is 0. The molecule has 2 aromatic carbocycles. The van der Waals surface area contributed by atoms with Gasteiger partial charge in [0.2, 0.25) is 0 Å². The molecule has 0 aromatic heterocycles. The predicted octanol–water partition coefficient (Wildman–Crippen LogP) is 4.41. The molecule has 0 aliphatic heterocycles. The highest BCUT2D eigenvalue weighted by Crippen LogP contribution is 2.53. The quantitative estimate of drug-likeness (QED) is 0.748. The average molecular weight is 267 g/mol. The molecule has 0 radical (unpaired) electrons. The fourth-order valence-electron chi connectivity index (χ4n) is 1.96. The van der Waals surface area contributed by atoms with Crippen molar-refractivity contribution in [2.24, 2.45) is 5.92 Å². The molecule has 3 rings (SSSR count). The zero-order valence-electron chi connectivity index (χ0n) is 9.20. The van der Waals surface area contributed by atoms with Gasteiger partial charge in [0.1, 0.15) is 10.1 Å². The van der Waals surface area contributed by atoms with Crippen LogP contribution < -0.4 is 4.74 Å². The smallest absolute Gasteiger partial charge is 0.127 e. The van der Waals surface area contributed by atoms with Crippen molar-refractivity contribution in [1.29, 1.82) is 0 Å². The molecule has 88 valence electrons. The van der Waals surface area contributed by atoms with E-state index in [4.69, 9.17) is 27.9 Å². The summed E-state index contributed by atoms with van der Waals surface area (Å²) in [6.45, 7) is 0.584. The molecule has 0 saturated heterocycles. The molecule has 1 nitrogen and oxygen atoms in total. The molecule has 3 heteroatoms. The normalized spacial score (nSPS) is 21.4. The van der Waals surface area contributed by atoms with Crippen LogP contribution in [0.15, 0.2) is 42.5 Å². The van der Waals surface area contributed by atoms with Crippen molar-refractivity contribution in [3.8, 4) is 5.75 Å². The molecule has 1 aliphatic carbocycles. The van der Waals surface area contributed by atoms with Crippen LogP contribution in [0.2, 0.25) is 0 Å². The fraction of sp³-hybridized carbons (Fsp3) is 0.286. The highest BCUT2D eigenvalue weighted by molar-refractivity contribution is 6.50. The van der Waals surface area contributed by atoms with E-state index in [0.717, 1.165) is 17.6 Å². The van der Waals surface area contributed by atoms with Crippen LogP contribution in [0.25, 0.3) is 10.8 Å². The number of hydrogen-bond acceptors (Lipinski definition) is 1. The predicted molar refractivity (Wildman–Crippen MR) is 72.0 cm³/mol. The summed E-state index contributed by atoms with van der Waals surface area (Å²) >= 11 is 12.0. The van der Waals surface area contributed by atoms with Crippen LogP contribution in [-0.4, -0.2) is 10.9 Å².